The molecule has 2 aromatic heterocycles. The maximum Gasteiger partial charge on any atom is 0.327 e. The van der Waals surface area contributed by atoms with E-state index in [0.717, 1.165) is 42.7 Å². The fraction of sp³-hybridized carbons (Fsp3) is 0.429. The van der Waals surface area contributed by atoms with Gasteiger partial charge in [0.1, 0.15) is 0 Å². The molecule has 0 atom stereocenters. The Morgan fingerprint density at radius 1 is 1.39 bits per heavy atom. The van der Waals surface area contributed by atoms with Crippen LogP contribution in [0.2, 0.25) is 0 Å². The number of pyridine rings is 1. The largest absolute Gasteiger partial charge is 0.327 e. The number of nitrogens with zero attached hydrogens (tertiary/aromatic N) is 2. The van der Waals surface area contributed by atoms with Crippen LogP contribution >= 0.6 is 0 Å². The third-order valence-corrected chi connectivity index (χ3v) is 2.96. The summed E-state index contributed by atoms with van der Waals surface area (Å²) in [5.74, 6) is 0. The summed E-state index contributed by atoms with van der Waals surface area (Å²) in [4.78, 5) is 19.2. The van der Waals surface area contributed by atoms with E-state index in [-0.39, 0.29) is 5.69 Å². The molecule has 96 valence electrons. The number of allylic oxidation sites excluding steroid dienone is 1. The van der Waals surface area contributed by atoms with Crippen LogP contribution in [0.3, 0.4) is 0 Å². The Hall–Kier alpha value is -1.84. The molecule has 0 radical (unpaired) electrons. The number of nitrogens with one attached hydrogen (secondary N) is 1. The normalized spacial score (nSPS) is 11.7. The summed E-state index contributed by atoms with van der Waals surface area (Å²) >= 11 is 0. The minimum Gasteiger partial charge on any atom is -0.304 e. The Balaban J connectivity index is 2.40. The van der Waals surface area contributed by atoms with Crippen LogP contribution in [0.4, 0.5) is 0 Å². The Morgan fingerprint density at radius 2 is 2.22 bits per heavy atom. The topological polar surface area (TPSA) is 50.7 Å². The average molecular weight is 245 g/mol. The molecule has 0 saturated carbocycles. The fourth-order valence-corrected chi connectivity index (χ4v) is 2.04. The average Bonchev–Trinajstić information content (AvgIpc) is 2.66. The van der Waals surface area contributed by atoms with E-state index in [0.29, 0.717) is 0 Å². The third-order valence-electron chi connectivity index (χ3n) is 2.96. The van der Waals surface area contributed by atoms with Crippen molar-refractivity contribution in [2.45, 2.75) is 39.7 Å². The predicted molar refractivity (Wildman–Crippen MR) is 74.6 cm³/mol. The fourth-order valence-electron chi connectivity index (χ4n) is 2.04. The number of H-pyrrole nitrogens is 1. The van der Waals surface area contributed by atoms with E-state index >= 15 is 0 Å². The van der Waals surface area contributed by atoms with Gasteiger partial charge in [-0.25, -0.2) is 9.78 Å². The van der Waals surface area contributed by atoms with Crippen molar-refractivity contribution >= 4 is 17.2 Å². The van der Waals surface area contributed by atoms with Crippen LogP contribution < -0.4 is 5.69 Å². The maximum absolute atomic E-state index is 11.9. The second-order valence-corrected chi connectivity index (χ2v) is 4.40. The Morgan fingerprint density at radius 3 is 2.94 bits per heavy atom. The van der Waals surface area contributed by atoms with Crippen molar-refractivity contribution in [3.05, 3.63) is 34.4 Å². The van der Waals surface area contributed by atoms with Crippen LogP contribution in [0.1, 0.15) is 38.8 Å². The van der Waals surface area contributed by atoms with Gasteiger partial charge in [-0.3, -0.25) is 4.57 Å². The van der Waals surface area contributed by atoms with Crippen molar-refractivity contribution in [1.82, 2.24) is 14.5 Å². The van der Waals surface area contributed by atoms with Gasteiger partial charge in [-0.05, 0) is 31.6 Å². The first-order chi connectivity index (χ1) is 8.76. The van der Waals surface area contributed by atoms with Crippen molar-refractivity contribution in [3.63, 3.8) is 0 Å². The Labute approximate surface area is 106 Å². The molecule has 2 heterocycles. The second kappa shape index (κ2) is 5.67. The highest BCUT2D eigenvalue weighted by atomic mass is 16.1. The van der Waals surface area contributed by atoms with Crippen LogP contribution in [-0.4, -0.2) is 14.5 Å². The zero-order valence-electron chi connectivity index (χ0n) is 10.9. The first kappa shape index (κ1) is 12.6. The molecule has 0 aliphatic rings. The first-order valence-electron chi connectivity index (χ1n) is 6.48. The zero-order valence-corrected chi connectivity index (χ0v) is 10.9. The number of aromatic amines is 1. The van der Waals surface area contributed by atoms with E-state index in [4.69, 9.17) is 0 Å². The molecule has 4 nitrogen and oxygen atoms in total. The zero-order chi connectivity index (χ0) is 13.0. The van der Waals surface area contributed by atoms with Crippen LogP contribution in [-0.2, 0) is 6.54 Å². The predicted octanol–water partition coefficient (Wildman–Crippen LogP) is 2.95. The number of unbranched alkanes of at least 4 members (excludes halogenated alkanes) is 2. The second-order valence-electron chi connectivity index (χ2n) is 4.40. The van der Waals surface area contributed by atoms with Crippen molar-refractivity contribution < 1.29 is 0 Å². The summed E-state index contributed by atoms with van der Waals surface area (Å²) in [7, 11) is 0. The first-order valence-corrected chi connectivity index (χ1v) is 6.48. The quantitative estimate of drug-likeness (QED) is 0.823. The summed E-state index contributed by atoms with van der Waals surface area (Å²) in [5.41, 5.74) is 2.39. The molecular formula is C14H19N3O. The molecule has 2 aromatic rings. The van der Waals surface area contributed by atoms with Gasteiger partial charge in [0.25, 0.3) is 0 Å². The van der Waals surface area contributed by atoms with Gasteiger partial charge in [-0.15, -0.1) is 0 Å². The van der Waals surface area contributed by atoms with Gasteiger partial charge in [0.15, 0.2) is 5.65 Å². The summed E-state index contributed by atoms with van der Waals surface area (Å²) in [6.07, 6.45) is 7.18. The van der Waals surface area contributed by atoms with Crippen LogP contribution in [0.5, 0.6) is 0 Å². The van der Waals surface area contributed by atoms with E-state index in [1.165, 1.54) is 0 Å². The molecule has 4 heteroatoms. The number of fused-ring (bicyclic) bond motifs is 1. The van der Waals surface area contributed by atoms with Gasteiger partial charge < -0.3 is 4.98 Å². The van der Waals surface area contributed by atoms with Crippen molar-refractivity contribution in [3.8, 4) is 0 Å². The van der Waals surface area contributed by atoms with Crippen molar-refractivity contribution in [2.75, 3.05) is 0 Å². The Kier molecular flexibility index (Phi) is 3.97. The summed E-state index contributed by atoms with van der Waals surface area (Å²) in [5, 5.41) is 0. The van der Waals surface area contributed by atoms with E-state index in [1.807, 2.05) is 31.2 Å². The molecule has 0 aromatic carbocycles. The lowest BCUT2D eigenvalue weighted by molar-refractivity contribution is 0.597. The summed E-state index contributed by atoms with van der Waals surface area (Å²) in [6, 6.07) is 3.82. The summed E-state index contributed by atoms with van der Waals surface area (Å²) in [6.45, 7) is 4.84. The third kappa shape index (κ3) is 2.53. The highest BCUT2D eigenvalue weighted by Gasteiger charge is 2.07. The number of imidazole rings is 1. The molecule has 18 heavy (non-hydrogen) atoms. The minimum absolute atomic E-state index is 0.0637. The van der Waals surface area contributed by atoms with Gasteiger partial charge in [-0.1, -0.05) is 25.8 Å². The number of hydrogen-bond acceptors (Lipinski definition) is 2. The van der Waals surface area contributed by atoms with Gasteiger partial charge in [-0.2, -0.15) is 0 Å². The standard InChI is InChI=1S/C14H19N3O/c1-3-5-6-10-17-13-12(16-14(17)18)9-8-11(15-13)7-4-2/h4,7-9H,3,5-6,10H2,1-2H3,(H,16,18). The number of rotatable bonds is 5. The monoisotopic (exact) mass is 245 g/mol. The lowest BCUT2D eigenvalue weighted by atomic mass is 10.2. The van der Waals surface area contributed by atoms with E-state index in [1.54, 1.807) is 4.57 Å². The lowest BCUT2D eigenvalue weighted by Crippen LogP contribution is -2.17. The van der Waals surface area contributed by atoms with Gasteiger partial charge in [0.05, 0.1) is 11.2 Å². The molecule has 0 aliphatic carbocycles. The molecular weight excluding hydrogens is 226 g/mol. The smallest absolute Gasteiger partial charge is 0.304 e. The molecule has 2 rings (SSSR count). The highest BCUT2D eigenvalue weighted by molar-refractivity contribution is 5.72. The lowest BCUT2D eigenvalue weighted by Gasteiger charge is -2.02. The molecule has 0 spiro atoms. The molecule has 1 N–H and O–H groups in total. The molecule has 0 bridgehead atoms. The molecule has 0 fully saturated rings. The van der Waals surface area contributed by atoms with Crippen molar-refractivity contribution in [1.29, 1.82) is 0 Å². The number of aromatic nitrogens is 3. The van der Waals surface area contributed by atoms with Crippen LogP contribution in [0.15, 0.2) is 23.0 Å². The van der Waals surface area contributed by atoms with Crippen LogP contribution in [0, 0.1) is 0 Å². The number of aryl methyl sites for hydroxylation is 1. The highest BCUT2D eigenvalue weighted by Crippen LogP contribution is 2.11. The van der Waals surface area contributed by atoms with Crippen molar-refractivity contribution in [2.24, 2.45) is 0 Å². The van der Waals surface area contributed by atoms with E-state index < -0.39 is 0 Å². The molecule has 0 aliphatic heterocycles. The van der Waals surface area contributed by atoms with Crippen LogP contribution in [0.25, 0.3) is 17.2 Å². The minimum atomic E-state index is -0.0637. The van der Waals surface area contributed by atoms with E-state index in [9.17, 15) is 4.79 Å². The van der Waals surface area contributed by atoms with E-state index in [2.05, 4.69) is 16.9 Å². The Bertz CT molecular complexity index is 607. The molecule has 0 saturated heterocycles. The van der Waals surface area contributed by atoms with Gasteiger partial charge in [0.2, 0.25) is 0 Å². The van der Waals surface area contributed by atoms with Gasteiger partial charge >= 0.3 is 5.69 Å². The molecule has 0 amide bonds. The number of hydrogen-bond donors (Lipinski definition) is 1. The molecule has 0 unspecified atom stereocenters. The maximum atomic E-state index is 11.9. The SMILES string of the molecule is CC=Cc1ccc2[nH]c(=O)n(CCCCC)c2n1. The summed E-state index contributed by atoms with van der Waals surface area (Å²) < 4.78 is 1.73. The van der Waals surface area contributed by atoms with Gasteiger partial charge in [0, 0.05) is 6.54 Å².